The third kappa shape index (κ3) is 3.63. The van der Waals surface area contributed by atoms with Crippen molar-refractivity contribution in [2.24, 2.45) is 0 Å². The molecule has 2 aromatic carbocycles. The maximum Gasteiger partial charge on any atom is 0.278 e. The Morgan fingerprint density at radius 3 is 2.59 bits per heavy atom. The number of rotatable bonds is 6. The molecule has 0 saturated heterocycles. The number of allylic oxidation sites excluding steroid dienone is 1. The molecule has 0 amide bonds. The Kier molecular flexibility index (Phi) is 5.12. The van der Waals surface area contributed by atoms with Crippen LogP contribution in [-0.2, 0) is 13.0 Å². The summed E-state index contributed by atoms with van der Waals surface area (Å²) in [5, 5.41) is 8.89. The monoisotopic (exact) mass is 384 g/mol. The molecule has 4 aromatic rings. The summed E-state index contributed by atoms with van der Waals surface area (Å²) in [4.78, 5) is 4.64. The molecule has 0 fully saturated rings. The molecule has 0 unspecified atom stereocenters. The van der Waals surface area contributed by atoms with Crippen LogP contribution in [0.5, 0.6) is 0 Å². The fraction of sp³-hybridized carbons (Fsp3) is 0.208. The second kappa shape index (κ2) is 7.87. The zero-order valence-electron chi connectivity index (χ0n) is 17.0. The fourth-order valence-electron chi connectivity index (χ4n) is 3.53. The summed E-state index contributed by atoms with van der Waals surface area (Å²) in [6.07, 6.45) is 2.77. The summed E-state index contributed by atoms with van der Waals surface area (Å²) in [6, 6.07) is 16.5. The molecule has 4 rings (SSSR count). The van der Waals surface area contributed by atoms with Crippen molar-refractivity contribution in [3.8, 4) is 34.2 Å². The van der Waals surface area contributed by atoms with Gasteiger partial charge in [-0.3, -0.25) is 4.68 Å². The first-order chi connectivity index (χ1) is 14.1. The molecule has 0 spiro atoms. The van der Waals surface area contributed by atoms with Gasteiger partial charge in [0.1, 0.15) is 0 Å². The lowest BCUT2D eigenvalue weighted by molar-refractivity contribution is 0.430. The topological polar surface area (TPSA) is 56.7 Å². The van der Waals surface area contributed by atoms with E-state index in [4.69, 9.17) is 4.52 Å². The van der Waals surface area contributed by atoms with Gasteiger partial charge in [-0.25, -0.2) is 0 Å². The summed E-state index contributed by atoms with van der Waals surface area (Å²) in [5.74, 6) is 1.01. The van der Waals surface area contributed by atoms with Crippen molar-refractivity contribution in [3.05, 3.63) is 77.9 Å². The minimum Gasteiger partial charge on any atom is -0.332 e. The molecule has 0 bridgehead atoms. The molecule has 0 radical (unpaired) electrons. The first kappa shape index (κ1) is 18.9. The van der Waals surface area contributed by atoms with Gasteiger partial charge in [0, 0.05) is 12.1 Å². The van der Waals surface area contributed by atoms with E-state index in [-0.39, 0.29) is 0 Å². The molecule has 5 heteroatoms. The van der Waals surface area contributed by atoms with Gasteiger partial charge in [0.25, 0.3) is 5.89 Å². The summed E-state index contributed by atoms with van der Waals surface area (Å²) in [6.45, 7) is 10.8. The molecular formula is C24H24N4O. The SMILES string of the molecule is C=CCc1cc(C)c(-c2noc(-c3cc(-c4ccccc4)n(CC)n3)n2)cc1C. The van der Waals surface area contributed by atoms with Gasteiger partial charge in [-0.05, 0) is 61.6 Å². The van der Waals surface area contributed by atoms with Gasteiger partial charge >= 0.3 is 0 Å². The van der Waals surface area contributed by atoms with Crippen LogP contribution in [0.2, 0.25) is 0 Å². The highest BCUT2D eigenvalue weighted by Gasteiger charge is 2.18. The number of aromatic nitrogens is 4. The van der Waals surface area contributed by atoms with Crippen LogP contribution in [-0.4, -0.2) is 19.9 Å². The normalized spacial score (nSPS) is 11.0. The molecule has 0 aliphatic carbocycles. The highest BCUT2D eigenvalue weighted by atomic mass is 16.5. The third-order valence-corrected chi connectivity index (χ3v) is 5.08. The summed E-state index contributed by atoms with van der Waals surface area (Å²) in [5.41, 5.74) is 7.37. The summed E-state index contributed by atoms with van der Waals surface area (Å²) >= 11 is 0. The maximum atomic E-state index is 5.57. The molecule has 0 aliphatic rings. The van der Waals surface area contributed by atoms with Crippen LogP contribution in [0, 0.1) is 13.8 Å². The van der Waals surface area contributed by atoms with Gasteiger partial charge in [-0.2, -0.15) is 10.1 Å². The molecule has 0 saturated carbocycles. The van der Waals surface area contributed by atoms with Gasteiger partial charge in [0.05, 0.1) is 5.69 Å². The highest BCUT2D eigenvalue weighted by molar-refractivity contribution is 5.67. The first-order valence-corrected chi connectivity index (χ1v) is 9.79. The van der Waals surface area contributed by atoms with E-state index in [1.165, 1.54) is 11.1 Å². The third-order valence-electron chi connectivity index (χ3n) is 5.08. The van der Waals surface area contributed by atoms with E-state index in [9.17, 15) is 0 Å². The van der Waals surface area contributed by atoms with Gasteiger partial charge < -0.3 is 4.52 Å². The highest BCUT2D eigenvalue weighted by Crippen LogP contribution is 2.29. The van der Waals surface area contributed by atoms with Gasteiger partial charge in [0.15, 0.2) is 5.69 Å². The van der Waals surface area contributed by atoms with Crippen molar-refractivity contribution < 1.29 is 4.52 Å². The molecular weight excluding hydrogens is 360 g/mol. The lowest BCUT2D eigenvalue weighted by Gasteiger charge is -2.08. The van der Waals surface area contributed by atoms with Crippen LogP contribution >= 0.6 is 0 Å². The molecule has 5 nitrogen and oxygen atoms in total. The lowest BCUT2D eigenvalue weighted by Crippen LogP contribution is -1.99. The molecule has 0 atom stereocenters. The molecule has 0 aliphatic heterocycles. The van der Waals surface area contributed by atoms with Crippen LogP contribution < -0.4 is 0 Å². The molecule has 29 heavy (non-hydrogen) atoms. The molecule has 2 heterocycles. The zero-order chi connectivity index (χ0) is 20.4. The minimum absolute atomic E-state index is 0.427. The van der Waals surface area contributed by atoms with Crippen LogP contribution in [0.4, 0.5) is 0 Å². The number of hydrogen-bond acceptors (Lipinski definition) is 4. The predicted molar refractivity (Wildman–Crippen MR) is 115 cm³/mol. The van der Waals surface area contributed by atoms with E-state index in [0.717, 1.165) is 35.3 Å². The molecule has 146 valence electrons. The fourth-order valence-corrected chi connectivity index (χ4v) is 3.53. The van der Waals surface area contributed by atoms with Crippen LogP contribution in [0.1, 0.15) is 23.6 Å². The van der Waals surface area contributed by atoms with Gasteiger partial charge in [-0.15, -0.1) is 6.58 Å². The van der Waals surface area contributed by atoms with Crippen molar-refractivity contribution in [2.75, 3.05) is 0 Å². The molecule has 2 aromatic heterocycles. The average molecular weight is 384 g/mol. The van der Waals surface area contributed by atoms with Crippen molar-refractivity contribution in [2.45, 2.75) is 33.7 Å². The van der Waals surface area contributed by atoms with Crippen molar-refractivity contribution >= 4 is 0 Å². The largest absolute Gasteiger partial charge is 0.332 e. The quantitative estimate of drug-likeness (QED) is 0.404. The summed E-state index contributed by atoms with van der Waals surface area (Å²) in [7, 11) is 0. The predicted octanol–water partition coefficient (Wildman–Crippen LogP) is 5.63. The van der Waals surface area contributed by atoms with Crippen molar-refractivity contribution in [1.82, 2.24) is 19.9 Å². The van der Waals surface area contributed by atoms with E-state index < -0.39 is 0 Å². The van der Waals surface area contributed by atoms with Crippen molar-refractivity contribution in [1.29, 1.82) is 0 Å². The van der Waals surface area contributed by atoms with Crippen molar-refractivity contribution in [3.63, 3.8) is 0 Å². The Bertz CT molecular complexity index is 1160. The van der Waals surface area contributed by atoms with E-state index >= 15 is 0 Å². The second-order valence-electron chi connectivity index (χ2n) is 7.11. The summed E-state index contributed by atoms with van der Waals surface area (Å²) < 4.78 is 7.53. The van der Waals surface area contributed by atoms with E-state index in [0.29, 0.717) is 17.4 Å². The number of aryl methyl sites for hydroxylation is 3. The zero-order valence-corrected chi connectivity index (χ0v) is 17.0. The number of benzene rings is 2. The van der Waals surface area contributed by atoms with E-state index in [1.54, 1.807) is 0 Å². The van der Waals surface area contributed by atoms with E-state index in [1.807, 2.05) is 35.0 Å². The molecule has 0 N–H and O–H groups in total. The maximum absolute atomic E-state index is 5.57. The Labute approximate surface area is 170 Å². The van der Waals surface area contributed by atoms with Gasteiger partial charge in [0.2, 0.25) is 5.82 Å². The first-order valence-electron chi connectivity index (χ1n) is 9.79. The average Bonchev–Trinajstić information content (AvgIpc) is 3.38. The Morgan fingerprint density at radius 2 is 1.86 bits per heavy atom. The van der Waals surface area contributed by atoms with Gasteiger partial charge in [-0.1, -0.05) is 47.6 Å². The minimum atomic E-state index is 0.427. The number of nitrogens with zero attached hydrogens (tertiary/aromatic N) is 4. The Balaban J connectivity index is 1.71. The van der Waals surface area contributed by atoms with Crippen LogP contribution in [0.15, 0.2) is 65.7 Å². The lowest BCUT2D eigenvalue weighted by atomic mass is 9.98. The van der Waals surface area contributed by atoms with Crippen LogP contribution in [0.25, 0.3) is 34.2 Å². The smallest absolute Gasteiger partial charge is 0.278 e. The second-order valence-corrected chi connectivity index (χ2v) is 7.11. The Hall–Kier alpha value is -3.47. The number of hydrogen-bond donors (Lipinski definition) is 0. The Morgan fingerprint density at radius 1 is 1.07 bits per heavy atom. The standard InChI is InChI=1S/C24H24N4O/c1-5-10-19-13-17(4)20(14-16(19)3)23-25-24(29-27-23)21-15-22(28(6-2)26-21)18-11-8-7-9-12-18/h5,7-9,11-15H,1,6,10H2,2-4H3. The van der Waals surface area contributed by atoms with Crippen LogP contribution in [0.3, 0.4) is 0 Å². The van der Waals surface area contributed by atoms with E-state index in [2.05, 4.69) is 66.9 Å².